The monoisotopic (exact) mass is 221 g/mol. The van der Waals surface area contributed by atoms with E-state index < -0.39 is 0 Å². The minimum absolute atomic E-state index is 0.0571. The van der Waals surface area contributed by atoms with E-state index in [0.717, 1.165) is 11.5 Å². The van der Waals surface area contributed by atoms with Gasteiger partial charge in [0.25, 0.3) is 0 Å². The average Bonchev–Trinajstić information content (AvgIpc) is 2.60. The molecular weight excluding hydrogens is 206 g/mol. The van der Waals surface area contributed by atoms with Crippen LogP contribution in [0.5, 0.6) is 0 Å². The van der Waals surface area contributed by atoms with Gasteiger partial charge in [0.15, 0.2) is 11.9 Å². The van der Waals surface area contributed by atoms with Crippen LogP contribution in [0.2, 0.25) is 0 Å². The Hall–Kier alpha value is -1.98. The van der Waals surface area contributed by atoms with Crippen molar-refractivity contribution >= 4 is 11.9 Å². The van der Waals surface area contributed by atoms with Crippen LogP contribution in [0.4, 0.5) is 0 Å². The van der Waals surface area contributed by atoms with Gasteiger partial charge in [-0.2, -0.15) is 0 Å². The normalized spacial score (nSPS) is 22.5. The van der Waals surface area contributed by atoms with Gasteiger partial charge in [-0.05, 0) is 26.0 Å². The number of nitrogens with two attached hydrogens (primary N) is 1. The summed E-state index contributed by atoms with van der Waals surface area (Å²) in [6, 6.07) is 3.82. The second kappa shape index (κ2) is 4.26. The average molecular weight is 221 g/mol. The van der Waals surface area contributed by atoms with Crippen molar-refractivity contribution in [1.82, 2.24) is 10.6 Å². The fraction of sp³-hybridized carbons (Fsp3) is 0.400. The van der Waals surface area contributed by atoms with Gasteiger partial charge in [0.2, 0.25) is 0 Å². The van der Waals surface area contributed by atoms with Gasteiger partial charge in [0.1, 0.15) is 24.2 Å². The zero-order chi connectivity index (χ0) is 11.5. The largest absolute Gasteiger partial charge is 0.464 e. The smallest absolute Gasteiger partial charge is 0.200 e. The molecule has 1 unspecified atom stereocenters. The Labute approximate surface area is 93.6 Å². The highest BCUT2D eigenvalue weighted by Crippen LogP contribution is 2.07. The third-order valence-corrected chi connectivity index (χ3v) is 2.11. The Morgan fingerprint density at radius 2 is 2.38 bits per heavy atom. The summed E-state index contributed by atoms with van der Waals surface area (Å²) in [6.07, 6.45) is -0.0571. The molecule has 0 radical (unpaired) electrons. The third-order valence-electron chi connectivity index (χ3n) is 2.11. The lowest BCUT2D eigenvalue weighted by atomic mass is 10.4. The van der Waals surface area contributed by atoms with Crippen molar-refractivity contribution in [3.63, 3.8) is 0 Å². The number of rotatable bonds is 2. The van der Waals surface area contributed by atoms with Crippen molar-refractivity contribution in [2.75, 3.05) is 0 Å². The maximum atomic E-state index is 5.58. The van der Waals surface area contributed by atoms with Crippen LogP contribution in [0, 0.1) is 6.92 Å². The molecule has 0 saturated heterocycles. The molecule has 1 aromatic rings. The van der Waals surface area contributed by atoms with E-state index in [0.29, 0.717) is 18.5 Å². The van der Waals surface area contributed by atoms with Crippen LogP contribution in [0.3, 0.4) is 0 Å². The summed E-state index contributed by atoms with van der Waals surface area (Å²) >= 11 is 0. The van der Waals surface area contributed by atoms with E-state index in [1.807, 2.05) is 26.0 Å². The summed E-state index contributed by atoms with van der Waals surface area (Å²) in [4.78, 5) is 8.37. The zero-order valence-electron chi connectivity index (χ0n) is 9.32. The molecule has 0 saturated carbocycles. The first-order valence-corrected chi connectivity index (χ1v) is 5.10. The highest BCUT2D eigenvalue weighted by Gasteiger charge is 2.11. The highest BCUT2D eigenvalue weighted by atomic mass is 16.3. The molecule has 86 valence electrons. The van der Waals surface area contributed by atoms with Crippen molar-refractivity contribution in [1.29, 1.82) is 0 Å². The van der Waals surface area contributed by atoms with Gasteiger partial charge in [0.05, 0.1) is 0 Å². The van der Waals surface area contributed by atoms with Gasteiger partial charge in [-0.1, -0.05) is 0 Å². The second-order valence-corrected chi connectivity index (χ2v) is 3.64. The summed E-state index contributed by atoms with van der Waals surface area (Å²) in [7, 11) is 0. The van der Waals surface area contributed by atoms with Gasteiger partial charge in [-0.3, -0.25) is 5.32 Å². The van der Waals surface area contributed by atoms with Crippen LogP contribution in [0.1, 0.15) is 18.4 Å². The molecule has 0 aliphatic carbocycles. The van der Waals surface area contributed by atoms with Crippen molar-refractivity contribution in [3.05, 3.63) is 23.7 Å². The number of hydrogen-bond acceptors (Lipinski definition) is 4. The molecule has 0 aromatic carbocycles. The molecule has 16 heavy (non-hydrogen) atoms. The summed E-state index contributed by atoms with van der Waals surface area (Å²) in [5, 5.41) is 5.90. The Balaban J connectivity index is 2.00. The summed E-state index contributed by atoms with van der Waals surface area (Å²) < 4.78 is 5.40. The Kier molecular flexibility index (Phi) is 2.80. The van der Waals surface area contributed by atoms with Crippen molar-refractivity contribution in [3.8, 4) is 0 Å². The molecule has 4 N–H and O–H groups in total. The molecule has 0 amide bonds. The standard InChI is InChI=1S/C10H15N5O/c1-6-3-4-8(16-6)5-12-10-14-7(2)13-9(11)15-10/h3-4,7H,5H2,1-2H3,(H4,11,12,13,14,15). The Morgan fingerprint density at radius 3 is 3.00 bits per heavy atom. The van der Waals surface area contributed by atoms with Crippen LogP contribution in [0.25, 0.3) is 0 Å². The molecule has 0 fully saturated rings. The first-order valence-electron chi connectivity index (χ1n) is 5.10. The summed E-state index contributed by atoms with van der Waals surface area (Å²) in [6.45, 7) is 4.28. The second-order valence-electron chi connectivity index (χ2n) is 3.64. The topological polar surface area (TPSA) is 87.9 Å². The first-order chi connectivity index (χ1) is 7.63. The maximum absolute atomic E-state index is 5.58. The minimum Gasteiger partial charge on any atom is -0.464 e. The van der Waals surface area contributed by atoms with E-state index in [1.54, 1.807) is 0 Å². The molecule has 0 bridgehead atoms. The van der Waals surface area contributed by atoms with E-state index in [-0.39, 0.29) is 6.17 Å². The molecule has 1 aliphatic heterocycles. The number of hydrogen-bond donors (Lipinski definition) is 3. The summed E-state index contributed by atoms with van der Waals surface area (Å²) in [5.74, 6) is 2.70. The molecule has 0 spiro atoms. The number of aryl methyl sites for hydroxylation is 1. The quantitative estimate of drug-likeness (QED) is 0.670. The van der Waals surface area contributed by atoms with Gasteiger partial charge in [-0.25, -0.2) is 9.98 Å². The molecule has 2 rings (SSSR count). The lowest BCUT2D eigenvalue weighted by molar-refractivity contribution is 0.485. The van der Waals surface area contributed by atoms with E-state index in [9.17, 15) is 0 Å². The van der Waals surface area contributed by atoms with Gasteiger partial charge in [-0.15, -0.1) is 0 Å². The molecule has 1 aliphatic rings. The lowest BCUT2D eigenvalue weighted by Gasteiger charge is -2.20. The van der Waals surface area contributed by atoms with E-state index in [2.05, 4.69) is 20.6 Å². The molecule has 6 nitrogen and oxygen atoms in total. The van der Waals surface area contributed by atoms with Gasteiger partial charge in [0, 0.05) is 0 Å². The number of aliphatic imine (C=N–C) groups is 2. The fourth-order valence-electron chi connectivity index (χ4n) is 1.44. The maximum Gasteiger partial charge on any atom is 0.200 e. The minimum atomic E-state index is -0.0571. The first kappa shape index (κ1) is 10.5. The van der Waals surface area contributed by atoms with E-state index in [4.69, 9.17) is 10.2 Å². The number of guanidine groups is 2. The molecule has 2 heterocycles. The van der Waals surface area contributed by atoms with Gasteiger partial charge >= 0.3 is 0 Å². The molecule has 6 heteroatoms. The number of nitrogens with one attached hydrogen (secondary N) is 2. The number of furan rings is 1. The van der Waals surface area contributed by atoms with Crippen LogP contribution >= 0.6 is 0 Å². The van der Waals surface area contributed by atoms with Crippen molar-refractivity contribution in [2.45, 2.75) is 26.6 Å². The molecule has 1 aromatic heterocycles. The van der Waals surface area contributed by atoms with E-state index in [1.165, 1.54) is 0 Å². The van der Waals surface area contributed by atoms with E-state index >= 15 is 0 Å². The van der Waals surface area contributed by atoms with Crippen LogP contribution in [0.15, 0.2) is 26.5 Å². The van der Waals surface area contributed by atoms with Crippen molar-refractivity contribution < 1.29 is 4.42 Å². The zero-order valence-corrected chi connectivity index (χ0v) is 9.32. The number of nitrogens with zero attached hydrogens (tertiary/aromatic N) is 2. The van der Waals surface area contributed by atoms with Crippen LogP contribution < -0.4 is 16.4 Å². The van der Waals surface area contributed by atoms with Crippen LogP contribution in [-0.4, -0.2) is 18.1 Å². The third kappa shape index (κ3) is 2.53. The Morgan fingerprint density at radius 1 is 1.56 bits per heavy atom. The van der Waals surface area contributed by atoms with Crippen LogP contribution in [-0.2, 0) is 6.54 Å². The van der Waals surface area contributed by atoms with Crippen molar-refractivity contribution in [2.24, 2.45) is 15.7 Å². The molecular formula is C10H15N5O. The SMILES string of the molecule is Cc1ccc(CN=C2NC(N)=NC(C)N2)o1. The fourth-order valence-corrected chi connectivity index (χ4v) is 1.44. The predicted octanol–water partition coefficient (Wildman–Crippen LogP) is 0.298. The Bertz CT molecular complexity index is 434. The summed E-state index contributed by atoms with van der Waals surface area (Å²) in [5.41, 5.74) is 5.58. The highest BCUT2D eigenvalue weighted by molar-refractivity contribution is 5.99. The lowest BCUT2D eigenvalue weighted by Crippen LogP contribution is -2.52. The van der Waals surface area contributed by atoms with Gasteiger partial charge < -0.3 is 15.5 Å². The molecule has 1 atom stereocenters. The predicted molar refractivity (Wildman–Crippen MR) is 61.9 cm³/mol.